The highest BCUT2D eigenvalue weighted by atomic mass is 28.4. The average Bonchev–Trinajstić information content (AvgIpc) is 3.10. The number of aliphatic hydroxyl groups excluding tert-OH is 1. The van der Waals surface area contributed by atoms with Gasteiger partial charge in [-0.3, -0.25) is 0 Å². The maximum absolute atomic E-state index is 11.4. The summed E-state index contributed by atoms with van der Waals surface area (Å²) in [5, 5.41) is 10.9. The zero-order chi connectivity index (χ0) is 39.4. The number of ether oxygens (including phenoxy) is 1. The normalized spacial score (nSPS) is 16.5. The van der Waals surface area contributed by atoms with E-state index in [1.54, 1.807) is 6.08 Å². The molecule has 0 aromatic carbocycles. The molecular weight excluding hydrogens is 685 g/mol. The van der Waals surface area contributed by atoms with E-state index in [1.807, 2.05) is 19.9 Å². The van der Waals surface area contributed by atoms with E-state index in [9.17, 15) is 9.90 Å². The van der Waals surface area contributed by atoms with Crippen LogP contribution >= 0.6 is 0 Å². The van der Waals surface area contributed by atoms with Crippen LogP contribution in [-0.4, -0.2) is 68.1 Å². The molecular formula is C42H82O6Si3. The number of hydrogen-bond donors (Lipinski definition) is 1. The monoisotopic (exact) mass is 767 g/mol. The van der Waals surface area contributed by atoms with Gasteiger partial charge in [-0.05, 0) is 86.0 Å². The first-order valence-electron chi connectivity index (χ1n) is 20.4. The Kier molecular flexibility index (Phi) is 24.6. The molecule has 0 unspecified atom stereocenters. The van der Waals surface area contributed by atoms with Crippen molar-refractivity contribution in [2.24, 2.45) is 5.92 Å². The highest BCUT2D eigenvalue weighted by Crippen LogP contribution is 2.44. The van der Waals surface area contributed by atoms with Gasteiger partial charge in [0.1, 0.15) is 0 Å². The first-order valence-corrected chi connectivity index (χ1v) is 27.6. The van der Waals surface area contributed by atoms with E-state index in [-0.39, 0.29) is 24.1 Å². The van der Waals surface area contributed by atoms with Gasteiger partial charge < -0.3 is 23.1 Å². The number of carbonyl (C=O) groups excluding carboxylic acids is 1. The summed E-state index contributed by atoms with van der Waals surface area (Å²) >= 11 is 0. The number of methoxy groups -OCH3 is 1. The molecule has 0 rings (SSSR count). The molecule has 0 spiro atoms. The van der Waals surface area contributed by atoms with Crippen LogP contribution in [0.1, 0.15) is 123 Å². The molecule has 0 fully saturated rings. The molecule has 0 radical (unpaired) electrons. The van der Waals surface area contributed by atoms with Crippen molar-refractivity contribution in [2.75, 3.05) is 13.7 Å². The molecule has 0 saturated heterocycles. The summed E-state index contributed by atoms with van der Waals surface area (Å²) in [4.78, 5) is 11.4. The van der Waals surface area contributed by atoms with Crippen molar-refractivity contribution >= 4 is 30.9 Å². The molecule has 0 aliphatic heterocycles. The Labute approximate surface area is 319 Å². The number of hydrogen-bond acceptors (Lipinski definition) is 6. The molecule has 0 saturated carbocycles. The molecule has 6 nitrogen and oxygen atoms in total. The van der Waals surface area contributed by atoms with Crippen LogP contribution in [0.2, 0.25) is 52.9 Å². The minimum Gasteiger partial charge on any atom is -0.466 e. The Morgan fingerprint density at radius 2 is 1.24 bits per heavy atom. The largest absolute Gasteiger partial charge is 0.466 e. The molecule has 0 aliphatic rings. The molecule has 9 heteroatoms. The predicted octanol–water partition coefficient (Wildman–Crippen LogP) is 12.3. The molecule has 1 N–H and O–H groups in total. The molecule has 0 heterocycles. The molecule has 0 amide bonds. The van der Waals surface area contributed by atoms with Gasteiger partial charge in [0.25, 0.3) is 0 Å². The molecule has 0 aromatic rings. The van der Waals surface area contributed by atoms with Crippen molar-refractivity contribution < 1.29 is 27.9 Å². The lowest BCUT2D eigenvalue weighted by Crippen LogP contribution is -2.56. The molecule has 51 heavy (non-hydrogen) atoms. The van der Waals surface area contributed by atoms with Crippen LogP contribution in [0, 0.1) is 5.92 Å². The fraction of sp³-hybridized carbons (Fsp3) is 0.786. The Morgan fingerprint density at radius 1 is 0.725 bits per heavy atom. The van der Waals surface area contributed by atoms with Gasteiger partial charge in [0.15, 0.2) is 16.6 Å². The number of carbonyl (C=O) groups is 1. The lowest BCUT2D eigenvalue weighted by atomic mass is 9.96. The maximum atomic E-state index is 11.4. The summed E-state index contributed by atoms with van der Waals surface area (Å²) in [6.45, 7) is 34.8. The van der Waals surface area contributed by atoms with Gasteiger partial charge >= 0.3 is 5.97 Å². The summed E-state index contributed by atoms with van der Waals surface area (Å²) in [5.74, 6) is -0.437. The third-order valence-electron chi connectivity index (χ3n) is 11.8. The highest BCUT2D eigenvalue weighted by Gasteiger charge is 2.49. The standard InChI is InChI=1S/C42H82O6Si3/c1-17-49(18-2,19-3)46-32-41(48-51(33(7)8,34(9)10)35(11)12)40(47-50(20-4,21-5)22-6)27-25-23-24-26-36(13)31-39(43)38(15)30-37(14)28-29-42(44)45-16/h23-24,26,28-30,33-35,38-41,43H,17-22,25,27,31-32H2,1-16H3/b24-23+,29-28+,36-26+,37-30+/t38-,39-,40+,41+/m0/s1. The third-order valence-corrected chi connectivity index (χ3v) is 27.2. The second kappa shape index (κ2) is 25.1. The van der Waals surface area contributed by atoms with Crippen LogP contribution in [-0.2, 0) is 22.8 Å². The zero-order valence-electron chi connectivity index (χ0n) is 36.1. The summed E-state index contributed by atoms with van der Waals surface area (Å²) in [6, 6.07) is 6.70. The molecule has 4 atom stereocenters. The van der Waals surface area contributed by atoms with Gasteiger partial charge in [0, 0.05) is 12.0 Å². The van der Waals surface area contributed by atoms with Crippen LogP contribution in [0.25, 0.3) is 0 Å². The second-order valence-electron chi connectivity index (χ2n) is 15.8. The molecule has 0 aliphatic carbocycles. The van der Waals surface area contributed by atoms with Crippen molar-refractivity contribution in [2.45, 2.75) is 194 Å². The topological polar surface area (TPSA) is 74.2 Å². The smallest absolute Gasteiger partial charge is 0.330 e. The quantitative estimate of drug-likeness (QED) is 0.0388. The van der Waals surface area contributed by atoms with Gasteiger partial charge in [-0.2, -0.15) is 0 Å². The SMILES string of the molecule is CC[Si](CC)(CC)OC[C@@H](O[Si](C(C)C)(C(C)C)C(C)C)[C@@H](CC/C=C/C=C(\C)C[C@H](O)[C@@H](C)/C=C(C)/C=C/C(=O)OC)O[Si](CC)(CC)CC. The fourth-order valence-corrected chi connectivity index (χ4v) is 19.0. The van der Waals surface area contributed by atoms with Crippen LogP contribution in [0.3, 0.4) is 0 Å². The van der Waals surface area contributed by atoms with Crippen molar-refractivity contribution in [3.05, 3.63) is 47.6 Å². The van der Waals surface area contributed by atoms with Crippen molar-refractivity contribution in [1.82, 2.24) is 0 Å². The zero-order valence-corrected chi connectivity index (χ0v) is 39.1. The van der Waals surface area contributed by atoms with Crippen LogP contribution in [0.5, 0.6) is 0 Å². The van der Waals surface area contributed by atoms with Crippen molar-refractivity contribution in [1.29, 1.82) is 0 Å². The Hall–Kier alpha value is -1.08. The Balaban J connectivity index is 6.41. The average molecular weight is 767 g/mol. The molecule has 0 bridgehead atoms. The summed E-state index contributed by atoms with van der Waals surface area (Å²) in [5.41, 5.74) is 3.50. The van der Waals surface area contributed by atoms with Gasteiger partial charge in [-0.25, -0.2) is 4.79 Å². The second-order valence-corrected chi connectivity index (χ2v) is 30.8. The molecule has 298 valence electrons. The van der Waals surface area contributed by atoms with E-state index in [2.05, 4.69) is 113 Å². The Morgan fingerprint density at radius 3 is 1.69 bits per heavy atom. The lowest BCUT2D eigenvalue weighted by Gasteiger charge is -2.48. The maximum Gasteiger partial charge on any atom is 0.330 e. The van der Waals surface area contributed by atoms with Gasteiger partial charge in [0.2, 0.25) is 8.32 Å². The van der Waals surface area contributed by atoms with E-state index < -0.39 is 31.1 Å². The van der Waals surface area contributed by atoms with Gasteiger partial charge in [0.05, 0.1) is 32.0 Å². The Bertz CT molecular complexity index is 1050. The fourth-order valence-electron chi connectivity index (χ4n) is 7.87. The number of rotatable bonds is 27. The summed E-state index contributed by atoms with van der Waals surface area (Å²) in [6.07, 6.45) is 13.4. The first kappa shape index (κ1) is 49.9. The number of aliphatic hydroxyl groups is 1. The lowest BCUT2D eigenvalue weighted by molar-refractivity contribution is -0.134. The minimum atomic E-state index is -2.21. The summed E-state index contributed by atoms with van der Waals surface area (Å²) in [7, 11) is -4.63. The van der Waals surface area contributed by atoms with E-state index in [0.717, 1.165) is 60.3 Å². The predicted molar refractivity (Wildman–Crippen MR) is 228 cm³/mol. The number of allylic oxidation sites excluding steroid dienone is 5. The van der Waals surface area contributed by atoms with Crippen LogP contribution < -0.4 is 0 Å². The van der Waals surface area contributed by atoms with Crippen molar-refractivity contribution in [3.63, 3.8) is 0 Å². The third kappa shape index (κ3) is 16.0. The van der Waals surface area contributed by atoms with E-state index in [0.29, 0.717) is 29.7 Å². The number of esters is 1. The minimum absolute atomic E-state index is 0.0161. The van der Waals surface area contributed by atoms with Crippen molar-refractivity contribution in [3.8, 4) is 0 Å². The van der Waals surface area contributed by atoms with E-state index in [4.69, 9.17) is 13.3 Å². The van der Waals surface area contributed by atoms with E-state index >= 15 is 0 Å². The van der Waals surface area contributed by atoms with Crippen LogP contribution in [0.15, 0.2) is 47.6 Å². The van der Waals surface area contributed by atoms with Gasteiger partial charge in [-0.1, -0.05) is 132 Å². The van der Waals surface area contributed by atoms with Crippen LogP contribution in [0.4, 0.5) is 0 Å². The van der Waals surface area contributed by atoms with Gasteiger partial charge in [-0.15, -0.1) is 0 Å². The highest BCUT2D eigenvalue weighted by molar-refractivity contribution is 6.77. The van der Waals surface area contributed by atoms with E-state index in [1.165, 1.54) is 13.2 Å². The molecule has 0 aromatic heterocycles. The first-order chi connectivity index (χ1) is 23.9. The summed E-state index contributed by atoms with van der Waals surface area (Å²) < 4.78 is 26.8.